The summed E-state index contributed by atoms with van der Waals surface area (Å²) in [4.78, 5) is 4.39. The van der Waals surface area contributed by atoms with Crippen molar-refractivity contribution >= 4 is 18.6 Å². The molecule has 0 aromatic heterocycles. The topological polar surface area (TPSA) is 12.4 Å². The van der Waals surface area contributed by atoms with Crippen LogP contribution in [0.2, 0.25) is 0 Å². The first kappa shape index (κ1) is 8.76. The summed E-state index contributed by atoms with van der Waals surface area (Å²) in [6.45, 7) is 1.01. The molecular weight excluding hydrogens is 182 g/mol. The highest BCUT2D eigenvalue weighted by Crippen LogP contribution is 2.42. The Kier molecular flexibility index (Phi) is 2.12. The second-order valence-electron chi connectivity index (χ2n) is 3.68. The lowest BCUT2D eigenvalue weighted by molar-refractivity contribution is 0.647. The number of aliphatic imine (C=N–C) groups is 1. The summed E-state index contributed by atoms with van der Waals surface area (Å²) >= 11 is 0. The lowest BCUT2D eigenvalue weighted by Crippen LogP contribution is -2.04. The van der Waals surface area contributed by atoms with Crippen molar-refractivity contribution in [2.75, 3.05) is 6.54 Å². The van der Waals surface area contributed by atoms with Crippen molar-refractivity contribution in [3.63, 3.8) is 0 Å². The Balaban J connectivity index is 0.000000653. The van der Waals surface area contributed by atoms with Crippen LogP contribution in [0, 0.1) is 0 Å². The first-order valence-electron chi connectivity index (χ1n) is 4.54. The zero-order valence-corrected chi connectivity index (χ0v) is 8.13. The van der Waals surface area contributed by atoms with Gasteiger partial charge in [-0.15, -0.1) is 12.4 Å². The lowest BCUT2D eigenvalue weighted by Gasteiger charge is -2.11. The van der Waals surface area contributed by atoms with Crippen molar-refractivity contribution in [2.24, 2.45) is 4.99 Å². The molecule has 1 heterocycles. The highest BCUT2D eigenvalue weighted by atomic mass is 35.5. The van der Waals surface area contributed by atoms with E-state index in [1.165, 1.54) is 12.0 Å². The number of nitrogens with zero attached hydrogens (tertiary/aromatic N) is 1. The third-order valence-corrected chi connectivity index (χ3v) is 2.98. The molecule has 0 saturated carbocycles. The summed E-state index contributed by atoms with van der Waals surface area (Å²) in [5.74, 6) is 1.34. The summed E-state index contributed by atoms with van der Waals surface area (Å²) in [5, 5.41) is 0. The van der Waals surface area contributed by atoms with Crippen LogP contribution >= 0.6 is 12.4 Å². The molecule has 0 spiro atoms. The van der Waals surface area contributed by atoms with Crippen LogP contribution in [-0.4, -0.2) is 12.8 Å². The average molecular weight is 194 g/mol. The summed E-state index contributed by atoms with van der Waals surface area (Å²) in [6, 6.07) is 8.78. The van der Waals surface area contributed by atoms with Crippen LogP contribution in [0.4, 0.5) is 0 Å². The fraction of sp³-hybridized carbons (Fsp3) is 0.364. The zero-order valence-electron chi connectivity index (χ0n) is 7.31. The van der Waals surface area contributed by atoms with Gasteiger partial charge >= 0.3 is 0 Å². The van der Waals surface area contributed by atoms with Crippen LogP contribution in [0.1, 0.15) is 29.4 Å². The van der Waals surface area contributed by atoms with Crippen LogP contribution in [0.5, 0.6) is 0 Å². The predicted molar refractivity (Wildman–Crippen MR) is 57.1 cm³/mol. The minimum absolute atomic E-state index is 0. The van der Waals surface area contributed by atoms with E-state index in [4.69, 9.17) is 0 Å². The molecule has 0 N–H and O–H groups in total. The van der Waals surface area contributed by atoms with E-state index in [0.717, 1.165) is 12.5 Å². The number of benzene rings is 1. The van der Waals surface area contributed by atoms with Gasteiger partial charge in [0.05, 0.1) is 0 Å². The van der Waals surface area contributed by atoms with Crippen LogP contribution in [0.15, 0.2) is 29.3 Å². The Labute approximate surface area is 84.3 Å². The Morgan fingerprint density at radius 3 is 2.77 bits per heavy atom. The van der Waals surface area contributed by atoms with Crippen molar-refractivity contribution in [2.45, 2.75) is 18.3 Å². The van der Waals surface area contributed by atoms with Gasteiger partial charge in [-0.3, -0.25) is 4.99 Å². The maximum Gasteiger partial charge on any atom is 0.0454 e. The van der Waals surface area contributed by atoms with E-state index in [1.54, 1.807) is 5.56 Å². The van der Waals surface area contributed by atoms with Crippen LogP contribution in [-0.2, 0) is 0 Å². The minimum Gasteiger partial charge on any atom is -0.296 e. The smallest absolute Gasteiger partial charge is 0.0454 e. The van der Waals surface area contributed by atoms with Gasteiger partial charge in [0.1, 0.15) is 0 Å². The normalized spacial score (nSPS) is 28.0. The monoisotopic (exact) mass is 193 g/mol. The van der Waals surface area contributed by atoms with Crippen LogP contribution < -0.4 is 0 Å². The molecule has 1 aliphatic heterocycles. The standard InChI is InChI=1S/C11H11N.ClH/c1-2-4-11-9-5-8(6-12-7-9)10(11)3-1;/h1-4,6,8-9H,5,7H2;1H. The number of fused-ring (bicyclic) bond motifs is 5. The minimum atomic E-state index is 0. The van der Waals surface area contributed by atoms with Gasteiger partial charge in [0, 0.05) is 24.6 Å². The van der Waals surface area contributed by atoms with Gasteiger partial charge in [0.25, 0.3) is 0 Å². The van der Waals surface area contributed by atoms with Gasteiger partial charge in [-0.1, -0.05) is 24.3 Å². The van der Waals surface area contributed by atoms with E-state index >= 15 is 0 Å². The lowest BCUT2D eigenvalue weighted by atomic mass is 10.0. The van der Waals surface area contributed by atoms with E-state index < -0.39 is 0 Å². The van der Waals surface area contributed by atoms with Gasteiger partial charge in [0.2, 0.25) is 0 Å². The molecule has 0 fully saturated rings. The molecule has 0 saturated heterocycles. The van der Waals surface area contributed by atoms with Gasteiger partial charge in [-0.2, -0.15) is 0 Å². The molecular formula is C11H12ClN. The molecule has 0 radical (unpaired) electrons. The molecule has 0 amide bonds. The molecule has 2 heteroatoms. The van der Waals surface area contributed by atoms with Gasteiger partial charge in [-0.05, 0) is 17.5 Å². The Morgan fingerprint density at radius 1 is 1.15 bits per heavy atom. The average Bonchev–Trinajstić information content (AvgIpc) is 2.41. The molecule has 3 rings (SSSR count). The molecule has 68 valence electrons. The summed E-state index contributed by atoms with van der Waals surface area (Å²) in [7, 11) is 0. The maximum atomic E-state index is 4.39. The Bertz CT molecular complexity index is 346. The molecule has 1 nitrogen and oxygen atoms in total. The zero-order chi connectivity index (χ0) is 7.97. The van der Waals surface area contributed by atoms with E-state index in [-0.39, 0.29) is 12.4 Å². The third-order valence-electron chi connectivity index (χ3n) is 2.98. The van der Waals surface area contributed by atoms with Gasteiger partial charge < -0.3 is 0 Å². The molecule has 2 aliphatic rings. The van der Waals surface area contributed by atoms with E-state index in [2.05, 4.69) is 35.5 Å². The number of rotatable bonds is 0. The Hall–Kier alpha value is -0.820. The van der Waals surface area contributed by atoms with Gasteiger partial charge in [0.15, 0.2) is 0 Å². The fourth-order valence-corrected chi connectivity index (χ4v) is 2.41. The second-order valence-corrected chi connectivity index (χ2v) is 3.68. The molecule has 13 heavy (non-hydrogen) atoms. The molecule has 1 aromatic rings. The summed E-state index contributed by atoms with van der Waals surface area (Å²) in [5.41, 5.74) is 3.06. The van der Waals surface area contributed by atoms with Crippen LogP contribution in [0.25, 0.3) is 0 Å². The third kappa shape index (κ3) is 1.19. The largest absolute Gasteiger partial charge is 0.296 e. The quantitative estimate of drug-likeness (QED) is 0.601. The van der Waals surface area contributed by atoms with E-state index in [9.17, 15) is 0 Å². The molecule has 1 aliphatic carbocycles. The first-order chi connectivity index (χ1) is 5.95. The highest BCUT2D eigenvalue weighted by Gasteiger charge is 2.31. The SMILES string of the molecule is C1=NCC2CC1c1ccccc12.Cl. The molecule has 1 aromatic carbocycles. The molecule has 2 unspecified atom stereocenters. The van der Waals surface area contributed by atoms with Crippen molar-refractivity contribution in [1.82, 2.24) is 0 Å². The summed E-state index contributed by atoms with van der Waals surface area (Å²) in [6.07, 6.45) is 3.42. The van der Waals surface area contributed by atoms with Crippen molar-refractivity contribution < 1.29 is 0 Å². The predicted octanol–water partition coefficient (Wildman–Crippen LogP) is 2.76. The number of halogens is 1. The fourth-order valence-electron chi connectivity index (χ4n) is 2.41. The first-order valence-corrected chi connectivity index (χ1v) is 4.54. The summed E-state index contributed by atoms with van der Waals surface area (Å²) < 4.78 is 0. The maximum absolute atomic E-state index is 4.39. The molecule has 2 bridgehead atoms. The molecule has 2 atom stereocenters. The second kappa shape index (κ2) is 3.15. The Morgan fingerprint density at radius 2 is 1.92 bits per heavy atom. The van der Waals surface area contributed by atoms with Crippen molar-refractivity contribution in [3.8, 4) is 0 Å². The number of hydrogen-bond acceptors (Lipinski definition) is 1. The highest BCUT2D eigenvalue weighted by molar-refractivity contribution is 5.85. The van der Waals surface area contributed by atoms with Crippen LogP contribution in [0.3, 0.4) is 0 Å². The van der Waals surface area contributed by atoms with Crippen molar-refractivity contribution in [1.29, 1.82) is 0 Å². The van der Waals surface area contributed by atoms with Gasteiger partial charge in [-0.25, -0.2) is 0 Å². The van der Waals surface area contributed by atoms with E-state index in [1.807, 2.05) is 0 Å². The van der Waals surface area contributed by atoms with E-state index in [0.29, 0.717) is 5.92 Å². The van der Waals surface area contributed by atoms with Crippen molar-refractivity contribution in [3.05, 3.63) is 35.4 Å². The number of hydrogen-bond donors (Lipinski definition) is 0.